The van der Waals surface area contributed by atoms with Crippen molar-refractivity contribution in [2.45, 2.75) is 22.4 Å². The zero-order chi connectivity index (χ0) is 25.8. The first-order valence-corrected chi connectivity index (χ1v) is 12.7. The van der Waals surface area contributed by atoms with Gasteiger partial charge in [-0.25, -0.2) is 14.8 Å². The summed E-state index contributed by atoms with van der Waals surface area (Å²) >= 11 is 1.37. The zero-order valence-corrected chi connectivity index (χ0v) is 21.4. The highest BCUT2D eigenvalue weighted by atomic mass is 32.2. The van der Waals surface area contributed by atoms with Crippen molar-refractivity contribution in [1.29, 1.82) is 0 Å². The number of alkyl carbamates (subject to hydrolysis) is 1. The van der Waals surface area contributed by atoms with Gasteiger partial charge in [-0.05, 0) is 40.5 Å². The number of rotatable bonds is 8. The van der Waals surface area contributed by atoms with Crippen molar-refractivity contribution in [2.75, 3.05) is 25.6 Å². The van der Waals surface area contributed by atoms with Gasteiger partial charge in [0.25, 0.3) is 0 Å². The van der Waals surface area contributed by atoms with Crippen molar-refractivity contribution in [3.63, 3.8) is 0 Å². The Balaban J connectivity index is 1.31. The molecule has 0 aliphatic heterocycles. The van der Waals surface area contributed by atoms with Gasteiger partial charge in [-0.3, -0.25) is 4.79 Å². The molecule has 0 saturated carbocycles. The molecule has 0 spiro atoms. The number of fused-ring (bicyclic) bond motifs is 3. The maximum absolute atomic E-state index is 12.8. The first kappa shape index (κ1) is 24.5. The molecule has 1 N–H and O–H groups in total. The summed E-state index contributed by atoms with van der Waals surface area (Å²) in [6, 6.07) is 21.8. The molecule has 7 nitrogen and oxygen atoms in total. The number of hydrogen-bond donors (Lipinski definition) is 1. The summed E-state index contributed by atoms with van der Waals surface area (Å²) in [5, 5.41) is 3.48. The second kappa shape index (κ2) is 10.8. The predicted molar refractivity (Wildman–Crippen MR) is 144 cm³/mol. The Kier molecular flexibility index (Phi) is 7.18. The fourth-order valence-electron chi connectivity index (χ4n) is 4.60. The number of carbonyl (C=O) groups excluding carboxylic acids is 2. The summed E-state index contributed by atoms with van der Waals surface area (Å²) < 4.78 is 5.71. The maximum atomic E-state index is 12.8. The van der Waals surface area contributed by atoms with Crippen LogP contribution in [0.25, 0.3) is 11.1 Å². The molecule has 0 radical (unpaired) electrons. The molecule has 4 aromatic rings. The normalized spacial score (nSPS) is 11.9. The van der Waals surface area contributed by atoms with Gasteiger partial charge < -0.3 is 15.0 Å². The van der Waals surface area contributed by atoms with Crippen molar-refractivity contribution in [2.24, 2.45) is 0 Å². The van der Waals surface area contributed by atoms with E-state index in [1.807, 2.05) is 49.3 Å². The molecular weight excluding hydrogens is 484 g/mol. The van der Waals surface area contributed by atoms with Gasteiger partial charge in [0, 0.05) is 48.4 Å². The van der Waals surface area contributed by atoms with Gasteiger partial charge >= 0.3 is 6.09 Å². The minimum atomic E-state index is -0.502. The van der Waals surface area contributed by atoms with Crippen LogP contribution in [0.4, 0.5) is 10.6 Å². The molecule has 37 heavy (non-hydrogen) atoms. The van der Waals surface area contributed by atoms with Crippen molar-refractivity contribution in [1.82, 2.24) is 15.3 Å². The molecule has 0 atom stereocenters. The van der Waals surface area contributed by atoms with E-state index in [-0.39, 0.29) is 19.1 Å². The summed E-state index contributed by atoms with van der Waals surface area (Å²) in [4.78, 5) is 35.9. The van der Waals surface area contributed by atoms with Crippen LogP contribution >= 0.6 is 11.8 Å². The number of carbonyl (C=O) groups is 2. The second-order valence-corrected chi connectivity index (χ2v) is 9.83. The third kappa shape index (κ3) is 5.06. The van der Waals surface area contributed by atoms with Crippen molar-refractivity contribution in [3.8, 4) is 11.1 Å². The fourth-order valence-corrected chi connectivity index (χ4v) is 5.58. The number of anilines is 1. The molecule has 186 valence electrons. The van der Waals surface area contributed by atoms with E-state index in [1.165, 1.54) is 34.0 Å². The molecular formula is C29H26N4O3S. The van der Waals surface area contributed by atoms with E-state index in [4.69, 9.17) is 4.74 Å². The fraction of sp³-hybridized carbons (Fsp3) is 0.172. The Bertz CT molecular complexity index is 1410. The van der Waals surface area contributed by atoms with E-state index in [1.54, 1.807) is 24.5 Å². The number of ether oxygens (including phenoxy) is 1. The molecule has 0 saturated heterocycles. The molecule has 2 heterocycles. The molecule has 2 aromatic heterocycles. The molecule has 8 heteroatoms. The molecule has 0 unspecified atom stereocenters. The molecule has 0 bridgehead atoms. The third-order valence-corrected chi connectivity index (χ3v) is 7.44. The maximum Gasteiger partial charge on any atom is 0.407 e. The van der Waals surface area contributed by atoms with Gasteiger partial charge in [0.05, 0.1) is 6.54 Å². The van der Waals surface area contributed by atoms with Crippen LogP contribution in [-0.2, 0) is 11.3 Å². The lowest BCUT2D eigenvalue weighted by atomic mass is 9.98. The minimum absolute atomic E-state index is 0.00842. The van der Waals surface area contributed by atoms with E-state index in [9.17, 15) is 9.59 Å². The van der Waals surface area contributed by atoms with Crippen LogP contribution in [0.5, 0.6) is 0 Å². The number of aromatic nitrogens is 2. The number of benzene rings is 2. The highest BCUT2D eigenvalue weighted by molar-refractivity contribution is 7.99. The Morgan fingerprint density at radius 1 is 0.973 bits per heavy atom. The molecule has 2 aromatic carbocycles. The number of aldehydes is 1. The van der Waals surface area contributed by atoms with Crippen LogP contribution in [-0.4, -0.2) is 43.0 Å². The zero-order valence-electron chi connectivity index (χ0n) is 20.5. The average Bonchev–Trinajstić information content (AvgIpc) is 3.25. The van der Waals surface area contributed by atoms with Crippen LogP contribution in [0.2, 0.25) is 0 Å². The van der Waals surface area contributed by atoms with Gasteiger partial charge in [-0.2, -0.15) is 0 Å². The first-order chi connectivity index (χ1) is 18.1. The number of nitrogens with one attached hydrogen (secondary N) is 1. The average molecular weight is 511 g/mol. The summed E-state index contributed by atoms with van der Waals surface area (Å²) in [6.07, 6.45) is 3.64. The van der Waals surface area contributed by atoms with Gasteiger partial charge in [-0.1, -0.05) is 60.3 Å². The van der Waals surface area contributed by atoms with Crippen molar-refractivity contribution < 1.29 is 14.3 Å². The number of nitrogens with zero attached hydrogens (tertiary/aromatic N) is 3. The number of hydrogen-bond acceptors (Lipinski definition) is 7. The van der Waals surface area contributed by atoms with E-state index in [2.05, 4.69) is 39.6 Å². The summed E-state index contributed by atoms with van der Waals surface area (Å²) in [7, 11) is 3.79. The highest BCUT2D eigenvalue weighted by Gasteiger charge is 2.29. The quantitative estimate of drug-likeness (QED) is 0.311. The number of pyridine rings is 2. The van der Waals surface area contributed by atoms with Crippen LogP contribution in [0.1, 0.15) is 33.0 Å². The Morgan fingerprint density at radius 2 is 1.68 bits per heavy atom. The Hall–Kier alpha value is -4.17. The van der Waals surface area contributed by atoms with Crippen molar-refractivity contribution in [3.05, 3.63) is 101 Å². The van der Waals surface area contributed by atoms with Crippen LogP contribution < -0.4 is 10.2 Å². The number of amides is 1. The standard InChI is InChI=1S/C29H26N4O3S/c1-33(2)27-24(26(13-15-30-27)37-28-19(17-34)8-7-14-31-28)16-32-29(35)36-18-25-22-11-5-3-9-20(22)21-10-4-6-12-23(21)25/h3-15,17,25H,16,18H2,1-2H3,(H,32,35). The van der Waals surface area contributed by atoms with Crippen LogP contribution in [0.3, 0.4) is 0 Å². The van der Waals surface area contributed by atoms with Crippen LogP contribution in [0.15, 0.2) is 89.0 Å². The van der Waals surface area contributed by atoms with Gasteiger partial charge in [0.1, 0.15) is 17.5 Å². The lowest BCUT2D eigenvalue weighted by Crippen LogP contribution is -2.27. The van der Waals surface area contributed by atoms with Crippen LogP contribution in [0, 0.1) is 0 Å². The first-order valence-electron chi connectivity index (χ1n) is 11.9. The SMILES string of the molecule is CN(C)c1nccc(Sc2ncccc2C=O)c1CNC(=O)OCC1c2ccccc2-c2ccccc21. The smallest absolute Gasteiger partial charge is 0.407 e. The lowest BCUT2D eigenvalue weighted by molar-refractivity contribution is 0.112. The lowest BCUT2D eigenvalue weighted by Gasteiger charge is -2.20. The monoisotopic (exact) mass is 510 g/mol. The highest BCUT2D eigenvalue weighted by Crippen LogP contribution is 2.44. The Morgan fingerprint density at radius 3 is 2.35 bits per heavy atom. The van der Waals surface area contributed by atoms with E-state index in [0.29, 0.717) is 16.4 Å². The third-order valence-electron chi connectivity index (χ3n) is 6.30. The molecule has 1 aliphatic carbocycles. The predicted octanol–water partition coefficient (Wildman–Crippen LogP) is 5.55. The largest absolute Gasteiger partial charge is 0.449 e. The summed E-state index contributed by atoms with van der Waals surface area (Å²) in [5.74, 6) is 0.707. The Labute approximate surface area is 219 Å². The van der Waals surface area contributed by atoms with E-state index >= 15 is 0 Å². The molecule has 5 rings (SSSR count). The summed E-state index contributed by atoms with van der Waals surface area (Å²) in [6.45, 7) is 0.454. The minimum Gasteiger partial charge on any atom is -0.449 e. The molecule has 0 fully saturated rings. The second-order valence-electron chi connectivity index (χ2n) is 8.80. The van der Waals surface area contributed by atoms with Gasteiger partial charge in [0.15, 0.2) is 6.29 Å². The van der Waals surface area contributed by atoms with E-state index < -0.39 is 6.09 Å². The molecule has 1 amide bonds. The topological polar surface area (TPSA) is 84.4 Å². The van der Waals surface area contributed by atoms with Gasteiger partial charge in [-0.15, -0.1) is 0 Å². The van der Waals surface area contributed by atoms with Crippen molar-refractivity contribution >= 4 is 30.0 Å². The van der Waals surface area contributed by atoms with E-state index in [0.717, 1.165) is 16.7 Å². The molecule has 1 aliphatic rings. The summed E-state index contributed by atoms with van der Waals surface area (Å²) in [5.41, 5.74) is 6.02. The van der Waals surface area contributed by atoms with Gasteiger partial charge in [0.2, 0.25) is 0 Å².